The number of amides is 1. The van der Waals surface area contributed by atoms with Crippen molar-refractivity contribution in [2.24, 2.45) is 0 Å². The lowest BCUT2D eigenvalue weighted by molar-refractivity contribution is -0.116. The average Bonchev–Trinajstić information content (AvgIpc) is 2.75. The molecule has 1 aliphatic heterocycles. The number of benzene rings is 3. The minimum atomic E-state index is -0.483. The highest BCUT2D eigenvalue weighted by molar-refractivity contribution is 5.96. The van der Waals surface area contributed by atoms with E-state index in [0.29, 0.717) is 36.1 Å². The van der Waals surface area contributed by atoms with Gasteiger partial charge >= 0.3 is 0 Å². The number of carbonyl (C=O) groups excluding carboxylic acids is 1. The molecule has 6 heteroatoms. The van der Waals surface area contributed by atoms with Crippen LogP contribution < -0.4 is 24.8 Å². The molecule has 4 rings (SSSR count). The van der Waals surface area contributed by atoms with Crippen LogP contribution >= 0.6 is 0 Å². The second-order valence-electron chi connectivity index (χ2n) is 6.62. The summed E-state index contributed by atoms with van der Waals surface area (Å²) in [4.78, 5) is 12.7. The fourth-order valence-corrected chi connectivity index (χ4v) is 2.96. The predicted octanol–water partition coefficient (Wildman–Crippen LogP) is 4.69. The summed E-state index contributed by atoms with van der Waals surface area (Å²) in [7, 11) is 0. The van der Waals surface area contributed by atoms with Crippen molar-refractivity contribution in [3.63, 3.8) is 0 Å². The quantitative estimate of drug-likeness (QED) is 0.639. The third-order valence-electron chi connectivity index (χ3n) is 4.43. The van der Waals surface area contributed by atoms with Gasteiger partial charge in [-0.1, -0.05) is 30.3 Å². The molecule has 1 unspecified atom stereocenters. The summed E-state index contributed by atoms with van der Waals surface area (Å²) in [5, 5.41) is 6.12. The molecule has 1 atom stereocenters. The summed E-state index contributed by atoms with van der Waals surface area (Å²) < 4.78 is 17.0. The Bertz CT molecular complexity index is 991. The molecule has 1 heterocycles. The van der Waals surface area contributed by atoms with Crippen molar-refractivity contribution >= 4 is 17.3 Å². The molecule has 1 amide bonds. The molecule has 29 heavy (non-hydrogen) atoms. The van der Waals surface area contributed by atoms with Crippen molar-refractivity contribution in [3.8, 4) is 23.0 Å². The van der Waals surface area contributed by atoms with Crippen LogP contribution in [0.1, 0.15) is 6.92 Å². The Labute approximate surface area is 169 Å². The normalized spacial score (nSPS) is 13.3. The van der Waals surface area contributed by atoms with Gasteiger partial charge in [0.25, 0.3) is 0 Å². The molecular formula is C23H22N2O4. The topological polar surface area (TPSA) is 68.8 Å². The lowest BCUT2D eigenvalue weighted by Crippen LogP contribution is -2.32. The van der Waals surface area contributed by atoms with Crippen LogP contribution in [0.25, 0.3) is 0 Å². The molecule has 6 nitrogen and oxygen atoms in total. The smallest absolute Gasteiger partial charge is 0.246 e. The summed E-state index contributed by atoms with van der Waals surface area (Å²) >= 11 is 0. The molecule has 0 spiro atoms. The van der Waals surface area contributed by atoms with Crippen molar-refractivity contribution in [1.82, 2.24) is 0 Å². The molecule has 0 aliphatic carbocycles. The maximum Gasteiger partial charge on any atom is 0.246 e. The number of ether oxygens (including phenoxy) is 3. The predicted molar refractivity (Wildman–Crippen MR) is 112 cm³/mol. The first-order valence-electron chi connectivity index (χ1n) is 9.48. The lowest BCUT2D eigenvalue weighted by Gasteiger charge is -2.20. The molecular weight excluding hydrogens is 368 g/mol. The van der Waals surface area contributed by atoms with Crippen LogP contribution in [0.4, 0.5) is 11.4 Å². The molecule has 0 fully saturated rings. The van der Waals surface area contributed by atoms with Gasteiger partial charge in [0, 0.05) is 11.8 Å². The van der Waals surface area contributed by atoms with Crippen molar-refractivity contribution in [1.29, 1.82) is 0 Å². The summed E-state index contributed by atoms with van der Waals surface area (Å²) in [6, 6.07) is 21.9. The van der Waals surface area contributed by atoms with Crippen molar-refractivity contribution < 1.29 is 19.0 Å². The van der Waals surface area contributed by atoms with E-state index in [0.717, 1.165) is 11.4 Å². The van der Waals surface area contributed by atoms with Gasteiger partial charge in [0.15, 0.2) is 17.2 Å². The maximum atomic E-state index is 12.7. The zero-order valence-electron chi connectivity index (χ0n) is 16.1. The number of anilines is 2. The van der Waals surface area contributed by atoms with Gasteiger partial charge < -0.3 is 24.8 Å². The van der Waals surface area contributed by atoms with Crippen LogP contribution in [0.5, 0.6) is 23.0 Å². The number of hydrogen-bond donors (Lipinski definition) is 2. The Morgan fingerprint density at radius 2 is 1.66 bits per heavy atom. The van der Waals surface area contributed by atoms with E-state index < -0.39 is 6.04 Å². The van der Waals surface area contributed by atoms with E-state index in [1.807, 2.05) is 54.6 Å². The van der Waals surface area contributed by atoms with Gasteiger partial charge in [-0.2, -0.15) is 0 Å². The van der Waals surface area contributed by atoms with Gasteiger partial charge in [0.05, 0.1) is 5.69 Å². The largest absolute Gasteiger partial charge is 0.486 e. The van der Waals surface area contributed by atoms with Crippen molar-refractivity contribution in [2.45, 2.75) is 13.0 Å². The average molecular weight is 390 g/mol. The molecule has 0 saturated heterocycles. The van der Waals surface area contributed by atoms with Crippen LogP contribution in [-0.2, 0) is 4.79 Å². The Hall–Kier alpha value is -3.67. The fourth-order valence-electron chi connectivity index (χ4n) is 2.96. The summed E-state index contributed by atoms with van der Waals surface area (Å²) in [5.74, 6) is 2.53. The third kappa shape index (κ3) is 4.60. The monoisotopic (exact) mass is 390 g/mol. The number of carbonyl (C=O) groups is 1. The standard InChI is InChI=1S/C23H22N2O4/c1-16(23(26)25-17-11-12-21-22(15-17)28-14-13-27-21)24-19-9-5-6-10-20(19)29-18-7-3-2-4-8-18/h2-12,15-16,24H,13-14H2,1H3,(H,25,26). The van der Waals surface area contributed by atoms with Gasteiger partial charge in [-0.05, 0) is 43.3 Å². The van der Waals surface area contributed by atoms with Crippen molar-refractivity contribution in [2.75, 3.05) is 23.8 Å². The Balaban J connectivity index is 1.43. The first kappa shape index (κ1) is 18.7. The van der Waals surface area contributed by atoms with Crippen LogP contribution in [0.3, 0.4) is 0 Å². The molecule has 148 valence electrons. The number of fused-ring (bicyclic) bond motifs is 1. The van der Waals surface area contributed by atoms with Crippen LogP contribution in [0.15, 0.2) is 72.8 Å². The third-order valence-corrected chi connectivity index (χ3v) is 4.43. The van der Waals surface area contributed by atoms with Gasteiger partial charge in [-0.3, -0.25) is 4.79 Å². The Morgan fingerprint density at radius 1 is 0.931 bits per heavy atom. The highest BCUT2D eigenvalue weighted by Gasteiger charge is 2.17. The molecule has 3 aromatic carbocycles. The number of hydrogen-bond acceptors (Lipinski definition) is 5. The first-order chi connectivity index (χ1) is 14.2. The van der Waals surface area contributed by atoms with Gasteiger partial charge in [0.2, 0.25) is 5.91 Å². The van der Waals surface area contributed by atoms with E-state index in [2.05, 4.69) is 10.6 Å². The number of rotatable bonds is 6. The van der Waals surface area contributed by atoms with Gasteiger partial charge in [0.1, 0.15) is 25.0 Å². The van der Waals surface area contributed by atoms with E-state index in [1.54, 1.807) is 25.1 Å². The summed E-state index contributed by atoms with van der Waals surface area (Å²) in [6.07, 6.45) is 0. The van der Waals surface area contributed by atoms with Gasteiger partial charge in [-0.15, -0.1) is 0 Å². The van der Waals surface area contributed by atoms with Crippen molar-refractivity contribution in [3.05, 3.63) is 72.8 Å². The molecule has 2 N–H and O–H groups in total. The van der Waals surface area contributed by atoms with E-state index in [9.17, 15) is 4.79 Å². The molecule has 0 saturated carbocycles. The minimum Gasteiger partial charge on any atom is -0.486 e. The van der Waals surface area contributed by atoms with Crippen LogP contribution in [0.2, 0.25) is 0 Å². The van der Waals surface area contributed by atoms with Gasteiger partial charge in [-0.25, -0.2) is 0 Å². The SMILES string of the molecule is CC(Nc1ccccc1Oc1ccccc1)C(=O)Nc1ccc2c(c1)OCCO2. The molecule has 0 aromatic heterocycles. The fraction of sp³-hybridized carbons (Fsp3) is 0.174. The molecule has 1 aliphatic rings. The zero-order chi connectivity index (χ0) is 20.1. The molecule has 0 bridgehead atoms. The highest BCUT2D eigenvalue weighted by Crippen LogP contribution is 2.33. The summed E-state index contributed by atoms with van der Waals surface area (Å²) in [6.45, 7) is 2.83. The minimum absolute atomic E-state index is 0.170. The maximum absolute atomic E-state index is 12.7. The van der Waals surface area contributed by atoms with E-state index in [1.165, 1.54) is 0 Å². The number of nitrogens with one attached hydrogen (secondary N) is 2. The molecule has 0 radical (unpaired) electrons. The summed E-state index contributed by atoms with van der Waals surface area (Å²) in [5.41, 5.74) is 1.39. The Kier molecular flexibility index (Phi) is 5.52. The second-order valence-corrected chi connectivity index (χ2v) is 6.62. The van der Waals surface area contributed by atoms with Crippen LogP contribution in [-0.4, -0.2) is 25.2 Å². The van der Waals surface area contributed by atoms with E-state index in [-0.39, 0.29) is 5.91 Å². The number of para-hydroxylation sites is 3. The Morgan fingerprint density at radius 3 is 2.48 bits per heavy atom. The zero-order valence-corrected chi connectivity index (χ0v) is 16.1. The highest BCUT2D eigenvalue weighted by atomic mass is 16.6. The van der Waals surface area contributed by atoms with Crippen LogP contribution in [0, 0.1) is 0 Å². The second kappa shape index (κ2) is 8.56. The first-order valence-corrected chi connectivity index (χ1v) is 9.48. The van der Waals surface area contributed by atoms with E-state index >= 15 is 0 Å². The molecule has 3 aromatic rings. The van der Waals surface area contributed by atoms with E-state index in [4.69, 9.17) is 14.2 Å². The lowest BCUT2D eigenvalue weighted by atomic mass is 10.2.